The average molecular weight is 443 g/mol. The number of esters is 1. The maximum absolute atomic E-state index is 13.4. The molecule has 3 aromatic rings. The Balaban J connectivity index is 1.69. The molecule has 6 heteroatoms. The Morgan fingerprint density at radius 1 is 0.969 bits per heavy atom. The number of carbonyl (C=O) groups excluding carboxylic acids is 2. The third kappa shape index (κ3) is 4.65. The lowest BCUT2D eigenvalue weighted by Crippen LogP contribution is -2.32. The summed E-state index contributed by atoms with van der Waals surface area (Å²) in [5, 5.41) is 0.634. The highest BCUT2D eigenvalue weighted by Gasteiger charge is 2.37. The summed E-state index contributed by atoms with van der Waals surface area (Å²) in [6.45, 7) is 2.00. The number of thioether (sulfide) groups is 1. The van der Waals surface area contributed by atoms with Crippen molar-refractivity contribution in [2.75, 3.05) is 7.11 Å². The van der Waals surface area contributed by atoms with E-state index < -0.39 is 5.97 Å². The predicted octanol–water partition coefficient (Wildman–Crippen LogP) is 5.84. The fourth-order valence-electron chi connectivity index (χ4n) is 3.38. The fraction of sp³-hybridized carbons (Fsp3) is 0.115. The first-order chi connectivity index (χ1) is 15.6. The molecule has 1 heterocycles. The minimum Gasteiger partial charge on any atom is -0.465 e. The summed E-state index contributed by atoms with van der Waals surface area (Å²) in [7, 11) is 1.35. The highest BCUT2D eigenvalue weighted by atomic mass is 32.2. The Morgan fingerprint density at radius 2 is 1.59 bits per heavy atom. The standard InChI is InChI=1S/C26H22N2O3S/c1-18(20-9-5-3-6-10-20)28-24(29)23(32-26(28)27-22-11-7-4-8-12-22)17-19-13-15-21(16-14-19)25(30)31-2/h3-18H,1-2H3/b23-17+,27-26?/t18-/m1/s1. The van der Waals surface area contributed by atoms with Crippen LogP contribution >= 0.6 is 11.8 Å². The lowest BCUT2D eigenvalue weighted by molar-refractivity contribution is -0.123. The van der Waals surface area contributed by atoms with Crippen molar-refractivity contribution < 1.29 is 14.3 Å². The van der Waals surface area contributed by atoms with E-state index in [2.05, 4.69) is 0 Å². The van der Waals surface area contributed by atoms with Crippen molar-refractivity contribution in [2.45, 2.75) is 13.0 Å². The number of benzene rings is 3. The van der Waals surface area contributed by atoms with Gasteiger partial charge in [0.05, 0.1) is 29.3 Å². The van der Waals surface area contributed by atoms with E-state index in [4.69, 9.17) is 9.73 Å². The van der Waals surface area contributed by atoms with Crippen LogP contribution in [0.5, 0.6) is 0 Å². The lowest BCUT2D eigenvalue weighted by Gasteiger charge is -2.24. The molecule has 32 heavy (non-hydrogen) atoms. The van der Waals surface area contributed by atoms with Crippen LogP contribution in [0.2, 0.25) is 0 Å². The maximum atomic E-state index is 13.4. The van der Waals surface area contributed by atoms with Crippen molar-refractivity contribution in [3.05, 3.63) is 107 Å². The van der Waals surface area contributed by atoms with E-state index in [1.165, 1.54) is 18.9 Å². The van der Waals surface area contributed by atoms with Crippen molar-refractivity contribution in [1.29, 1.82) is 0 Å². The molecule has 0 aromatic heterocycles. The molecule has 160 valence electrons. The summed E-state index contributed by atoms with van der Waals surface area (Å²) in [6.07, 6.45) is 1.83. The number of nitrogens with zero attached hydrogens (tertiary/aromatic N) is 2. The number of hydrogen-bond donors (Lipinski definition) is 0. The molecule has 1 atom stereocenters. The molecule has 1 amide bonds. The van der Waals surface area contributed by atoms with Gasteiger partial charge in [0, 0.05) is 0 Å². The summed E-state index contributed by atoms with van der Waals surface area (Å²) in [6, 6.07) is 26.3. The first kappa shape index (κ1) is 21.6. The summed E-state index contributed by atoms with van der Waals surface area (Å²) in [4.78, 5) is 32.2. The van der Waals surface area contributed by atoms with Gasteiger partial charge >= 0.3 is 5.97 Å². The van der Waals surface area contributed by atoms with Gasteiger partial charge in [-0.05, 0) is 60.2 Å². The van der Waals surface area contributed by atoms with E-state index in [1.54, 1.807) is 29.2 Å². The number of carbonyl (C=O) groups is 2. The number of aliphatic imine (C=N–C) groups is 1. The van der Waals surface area contributed by atoms with Gasteiger partial charge in [0.1, 0.15) is 0 Å². The van der Waals surface area contributed by atoms with E-state index in [9.17, 15) is 9.59 Å². The third-order valence-electron chi connectivity index (χ3n) is 5.12. The molecule has 0 N–H and O–H groups in total. The second-order valence-electron chi connectivity index (χ2n) is 7.22. The fourth-order valence-corrected chi connectivity index (χ4v) is 4.45. The molecule has 0 radical (unpaired) electrons. The minimum absolute atomic E-state index is 0.0990. The molecule has 0 spiro atoms. The normalized spacial score (nSPS) is 17.1. The monoisotopic (exact) mass is 442 g/mol. The minimum atomic E-state index is -0.393. The Hall–Kier alpha value is -3.64. The van der Waals surface area contributed by atoms with Gasteiger partial charge in [-0.3, -0.25) is 9.69 Å². The van der Waals surface area contributed by atoms with E-state index in [0.29, 0.717) is 15.6 Å². The predicted molar refractivity (Wildman–Crippen MR) is 129 cm³/mol. The van der Waals surface area contributed by atoms with Crippen molar-refractivity contribution in [3.8, 4) is 0 Å². The second kappa shape index (κ2) is 9.66. The summed E-state index contributed by atoms with van der Waals surface area (Å²) in [5.41, 5.74) is 3.11. The van der Waals surface area contributed by atoms with Crippen LogP contribution in [0.3, 0.4) is 0 Å². The maximum Gasteiger partial charge on any atom is 0.337 e. The van der Waals surface area contributed by atoms with Crippen LogP contribution in [0, 0.1) is 0 Å². The SMILES string of the molecule is COC(=O)c1ccc(/C=C2/SC(=Nc3ccccc3)N([C@H](C)c3ccccc3)C2=O)cc1. The number of amidine groups is 1. The van der Waals surface area contributed by atoms with E-state index >= 15 is 0 Å². The Labute approximate surface area is 191 Å². The van der Waals surface area contributed by atoms with Crippen molar-refractivity contribution in [3.63, 3.8) is 0 Å². The topological polar surface area (TPSA) is 59.0 Å². The van der Waals surface area contributed by atoms with Crippen LogP contribution in [-0.2, 0) is 9.53 Å². The third-order valence-corrected chi connectivity index (χ3v) is 6.10. The van der Waals surface area contributed by atoms with Crippen LogP contribution in [0.4, 0.5) is 5.69 Å². The van der Waals surface area contributed by atoms with E-state index in [1.807, 2.05) is 73.7 Å². The van der Waals surface area contributed by atoms with Crippen LogP contribution in [-0.4, -0.2) is 29.1 Å². The van der Waals surface area contributed by atoms with E-state index in [-0.39, 0.29) is 11.9 Å². The van der Waals surface area contributed by atoms with Crippen LogP contribution in [0.15, 0.2) is 94.8 Å². The van der Waals surface area contributed by atoms with Crippen molar-refractivity contribution in [1.82, 2.24) is 4.90 Å². The number of rotatable bonds is 5. The molecule has 0 unspecified atom stereocenters. The molecule has 1 fully saturated rings. The Bertz CT molecular complexity index is 1170. The summed E-state index contributed by atoms with van der Waals surface area (Å²) >= 11 is 1.35. The first-order valence-electron chi connectivity index (χ1n) is 10.2. The quantitative estimate of drug-likeness (QED) is 0.368. The highest BCUT2D eigenvalue weighted by Crippen LogP contribution is 2.39. The number of amides is 1. The molecule has 0 aliphatic carbocycles. The summed E-state index contributed by atoms with van der Waals surface area (Å²) < 4.78 is 4.74. The molecular weight excluding hydrogens is 420 g/mol. The zero-order valence-electron chi connectivity index (χ0n) is 17.8. The highest BCUT2D eigenvalue weighted by molar-refractivity contribution is 8.18. The molecule has 1 aliphatic heterocycles. The van der Waals surface area contributed by atoms with Gasteiger partial charge in [0.2, 0.25) is 0 Å². The Morgan fingerprint density at radius 3 is 2.22 bits per heavy atom. The number of methoxy groups -OCH3 is 1. The van der Waals surface area contributed by atoms with Gasteiger partial charge < -0.3 is 4.74 Å². The van der Waals surface area contributed by atoms with Crippen molar-refractivity contribution in [2.24, 2.45) is 4.99 Å². The molecule has 0 saturated carbocycles. The largest absolute Gasteiger partial charge is 0.465 e. The van der Waals surface area contributed by atoms with Gasteiger partial charge in [-0.15, -0.1) is 0 Å². The zero-order valence-corrected chi connectivity index (χ0v) is 18.6. The Kier molecular flexibility index (Phi) is 6.52. The summed E-state index contributed by atoms with van der Waals surface area (Å²) in [5.74, 6) is -0.492. The molecule has 1 aliphatic rings. The van der Waals surface area contributed by atoms with Crippen LogP contribution < -0.4 is 0 Å². The molecule has 5 nitrogen and oxygen atoms in total. The van der Waals surface area contributed by atoms with E-state index in [0.717, 1.165) is 16.8 Å². The van der Waals surface area contributed by atoms with Crippen LogP contribution in [0.1, 0.15) is 34.5 Å². The molecular formula is C26H22N2O3S. The number of hydrogen-bond acceptors (Lipinski definition) is 5. The molecule has 3 aromatic carbocycles. The van der Waals surface area contributed by atoms with Crippen molar-refractivity contribution >= 4 is 40.6 Å². The first-order valence-corrected chi connectivity index (χ1v) is 11.0. The smallest absolute Gasteiger partial charge is 0.337 e. The average Bonchev–Trinajstić information content (AvgIpc) is 3.14. The van der Waals surface area contributed by atoms with Gasteiger partial charge in [0.15, 0.2) is 5.17 Å². The second-order valence-corrected chi connectivity index (χ2v) is 8.23. The van der Waals surface area contributed by atoms with Crippen LogP contribution in [0.25, 0.3) is 6.08 Å². The van der Waals surface area contributed by atoms with Gasteiger partial charge in [-0.1, -0.05) is 60.7 Å². The number of para-hydroxylation sites is 1. The number of ether oxygens (including phenoxy) is 1. The molecule has 4 rings (SSSR count). The van der Waals surface area contributed by atoms with Gasteiger partial charge in [-0.2, -0.15) is 0 Å². The van der Waals surface area contributed by atoms with Gasteiger partial charge in [-0.25, -0.2) is 9.79 Å². The molecule has 0 bridgehead atoms. The molecule has 1 saturated heterocycles. The van der Waals surface area contributed by atoms with Gasteiger partial charge in [0.25, 0.3) is 5.91 Å². The lowest BCUT2D eigenvalue weighted by atomic mass is 10.1. The zero-order chi connectivity index (χ0) is 22.5.